The number of hydrogen-bond donors (Lipinski definition) is 0. The summed E-state index contributed by atoms with van der Waals surface area (Å²) in [5.74, 6) is -0.966. The summed E-state index contributed by atoms with van der Waals surface area (Å²) < 4.78 is 54.4. The summed E-state index contributed by atoms with van der Waals surface area (Å²) in [7, 11) is 0. The third-order valence-corrected chi connectivity index (χ3v) is 3.18. The van der Waals surface area contributed by atoms with E-state index in [0.29, 0.717) is 12.4 Å². The summed E-state index contributed by atoms with van der Waals surface area (Å²) in [5.41, 5.74) is -1.01. The topological polar surface area (TPSA) is 44.8 Å². The number of alkyl halides is 3. The lowest BCUT2D eigenvalue weighted by Crippen LogP contribution is -2.20. The highest BCUT2D eigenvalue weighted by molar-refractivity contribution is 5.95. The first-order valence-electron chi connectivity index (χ1n) is 6.74. The molecule has 0 bridgehead atoms. The quantitative estimate of drug-likeness (QED) is 0.624. The number of benzene rings is 2. The Kier molecular flexibility index (Phi) is 3.85. The summed E-state index contributed by atoms with van der Waals surface area (Å²) >= 11 is 0. The number of halogens is 3. The van der Waals surface area contributed by atoms with Crippen LogP contribution in [0.15, 0.2) is 42.5 Å². The molecule has 0 spiro atoms. The average Bonchev–Trinajstić information content (AvgIpc) is 2.54. The van der Waals surface area contributed by atoms with Gasteiger partial charge in [0, 0.05) is 0 Å². The summed E-state index contributed by atoms with van der Waals surface area (Å²) in [6.45, 7) is 0.582. The lowest BCUT2D eigenvalue weighted by atomic mass is 10.1. The molecule has 0 aromatic heterocycles. The maximum atomic E-state index is 12.9. The van der Waals surface area contributed by atoms with Gasteiger partial charge in [-0.3, -0.25) is 0 Å². The first-order valence-corrected chi connectivity index (χ1v) is 6.74. The van der Waals surface area contributed by atoms with Crippen LogP contribution >= 0.6 is 0 Å². The predicted octanol–water partition coefficient (Wildman–Crippen LogP) is 3.70. The number of para-hydroxylation sites is 2. The van der Waals surface area contributed by atoms with E-state index >= 15 is 0 Å². The molecule has 23 heavy (non-hydrogen) atoms. The van der Waals surface area contributed by atoms with Gasteiger partial charge in [0.05, 0.1) is 5.56 Å². The van der Waals surface area contributed by atoms with E-state index in [4.69, 9.17) is 14.2 Å². The van der Waals surface area contributed by atoms with Crippen molar-refractivity contribution in [1.29, 1.82) is 0 Å². The molecule has 0 aliphatic carbocycles. The largest absolute Gasteiger partial charge is 0.486 e. The molecule has 0 radical (unpaired) electrons. The molecule has 1 heterocycles. The normalized spacial score (nSPS) is 13.5. The molecule has 4 nitrogen and oxygen atoms in total. The molecule has 0 saturated heterocycles. The second-order valence-corrected chi connectivity index (χ2v) is 4.71. The van der Waals surface area contributed by atoms with Gasteiger partial charge in [-0.2, -0.15) is 13.2 Å². The minimum Gasteiger partial charge on any atom is -0.486 e. The molecular formula is C16H11F3O4. The van der Waals surface area contributed by atoms with E-state index in [1.54, 1.807) is 12.1 Å². The predicted molar refractivity (Wildman–Crippen MR) is 73.8 cm³/mol. The van der Waals surface area contributed by atoms with E-state index < -0.39 is 23.5 Å². The Morgan fingerprint density at radius 3 is 2.52 bits per heavy atom. The smallest absolute Gasteiger partial charge is 0.419 e. The van der Waals surface area contributed by atoms with Crippen molar-refractivity contribution in [3.8, 4) is 17.2 Å². The number of esters is 1. The number of ether oxygens (including phenoxy) is 3. The van der Waals surface area contributed by atoms with E-state index in [0.717, 1.165) is 12.1 Å². The van der Waals surface area contributed by atoms with Gasteiger partial charge < -0.3 is 14.2 Å². The van der Waals surface area contributed by atoms with Crippen LogP contribution in [0.25, 0.3) is 0 Å². The molecule has 0 atom stereocenters. The molecule has 2 aromatic carbocycles. The second kappa shape index (κ2) is 5.83. The van der Waals surface area contributed by atoms with Crippen LogP contribution in [0, 0.1) is 0 Å². The van der Waals surface area contributed by atoms with E-state index in [1.165, 1.54) is 18.2 Å². The van der Waals surface area contributed by atoms with Crippen molar-refractivity contribution in [2.75, 3.05) is 13.2 Å². The Balaban J connectivity index is 1.92. The molecule has 0 fully saturated rings. The van der Waals surface area contributed by atoms with Gasteiger partial charge in [0.2, 0.25) is 0 Å². The lowest BCUT2D eigenvalue weighted by molar-refractivity contribution is -0.138. The highest BCUT2D eigenvalue weighted by Crippen LogP contribution is 2.38. The van der Waals surface area contributed by atoms with Crippen LogP contribution < -0.4 is 14.2 Å². The van der Waals surface area contributed by atoms with Crippen LogP contribution in [-0.2, 0) is 6.18 Å². The number of rotatable bonds is 2. The summed E-state index contributed by atoms with van der Waals surface area (Å²) in [4.78, 5) is 12.2. The molecule has 1 aliphatic rings. The van der Waals surface area contributed by atoms with Crippen LogP contribution in [0.3, 0.4) is 0 Å². The monoisotopic (exact) mass is 324 g/mol. The molecule has 120 valence electrons. The first kappa shape index (κ1) is 15.2. The van der Waals surface area contributed by atoms with Gasteiger partial charge >= 0.3 is 12.1 Å². The highest BCUT2D eigenvalue weighted by atomic mass is 19.4. The van der Waals surface area contributed by atoms with Crippen LogP contribution in [0.5, 0.6) is 17.2 Å². The molecule has 3 rings (SSSR count). The molecule has 2 aromatic rings. The fraction of sp³-hybridized carbons (Fsp3) is 0.188. The SMILES string of the molecule is O=C(Oc1ccccc1C(F)(F)F)c1cccc2c1OCCO2. The van der Waals surface area contributed by atoms with Crippen molar-refractivity contribution in [3.63, 3.8) is 0 Å². The molecule has 7 heteroatoms. The van der Waals surface area contributed by atoms with E-state index in [1.807, 2.05) is 0 Å². The fourth-order valence-electron chi connectivity index (χ4n) is 2.18. The Labute approximate surface area is 129 Å². The van der Waals surface area contributed by atoms with Crippen molar-refractivity contribution in [2.45, 2.75) is 6.18 Å². The highest BCUT2D eigenvalue weighted by Gasteiger charge is 2.35. The minimum absolute atomic E-state index is 0.0131. The second-order valence-electron chi connectivity index (χ2n) is 4.71. The van der Waals surface area contributed by atoms with E-state index in [2.05, 4.69) is 0 Å². The Morgan fingerprint density at radius 2 is 1.74 bits per heavy atom. The van der Waals surface area contributed by atoms with Crippen molar-refractivity contribution in [3.05, 3.63) is 53.6 Å². The minimum atomic E-state index is -4.62. The fourth-order valence-corrected chi connectivity index (χ4v) is 2.18. The summed E-state index contributed by atoms with van der Waals surface area (Å²) in [6.07, 6.45) is -4.62. The molecule has 0 N–H and O–H groups in total. The molecular weight excluding hydrogens is 313 g/mol. The molecule has 0 saturated carbocycles. The molecule has 0 unspecified atom stereocenters. The van der Waals surface area contributed by atoms with Gasteiger partial charge in [0.15, 0.2) is 11.5 Å². The van der Waals surface area contributed by atoms with Gasteiger partial charge in [-0.25, -0.2) is 4.79 Å². The zero-order valence-corrected chi connectivity index (χ0v) is 11.7. The van der Waals surface area contributed by atoms with Crippen LogP contribution in [0.4, 0.5) is 13.2 Å². The Bertz CT molecular complexity index is 740. The van der Waals surface area contributed by atoms with Gasteiger partial charge in [-0.1, -0.05) is 18.2 Å². The van der Waals surface area contributed by atoms with Crippen molar-refractivity contribution < 1.29 is 32.2 Å². The third-order valence-electron chi connectivity index (χ3n) is 3.18. The Morgan fingerprint density at radius 1 is 1.00 bits per heavy atom. The van der Waals surface area contributed by atoms with Gasteiger partial charge in [-0.05, 0) is 24.3 Å². The average molecular weight is 324 g/mol. The van der Waals surface area contributed by atoms with Crippen LogP contribution in [-0.4, -0.2) is 19.2 Å². The number of fused-ring (bicyclic) bond motifs is 1. The van der Waals surface area contributed by atoms with Gasteiger partial charge in [-0.15, -0.1) is 0 Å². The zero-order valence-electron chi connectivity index (χ0n) is 11.7. The Hall–Kier alpha value is -2.70. The lowest BCUT2D eigenvalue weighted by Gasteiger charge is -2.20. The zero-order chi connectivity index (χ0) is 16.4. The molecule has 1 aliphatic heterocycles. The third kappa shape index (κ3) is 3.08. The first-order chi connectivity index (χ1) is 11.0. The molecule has 0 amide bonds. The van der Waals surface area contributed by atoms with Crippen molar-refractivity contribution >= 4 is 5.97 Å². The maximum absolute atomic E-state index is 12.9. The summed E-state index contributed by atoms with van der Waals surface area (Å²) in [6, 6.07) is 9.08. The van der Waals surface area contributed by atoms with Gasteiger partial charge in [0.1, 0.15) is 24.5 Å². The van der Waals surface area contributed by atoms with Gasteiger partial charge in [0.25, 0.3) is 0 Å². The van der Waals surface area contributed by atoms with E-state index in [-0.39, 0.29) is 17.9 Å². The van der Waals surface area contributed by atoms with Crippen molar-refractivity contribution in [1.82, 2.24) is 0 Å². The number of carbonyl (C=O) groups excluding carboxylic acids is 1. The van der Waals surface area contributed by atoms with E-state index in [9.17, 15) is 18.0 Å². The number of hydrogen-bond acceptors (Lipinski definition) is 4. The van der Waals surface area contributed by atoms with Crippen LogP contribution in [0.2, 0.25) is 0 Å². The number of carbonyl (C=O) groups is 1. The summed E-state index contributed by atoms with van der Waals surface area (Å²) in [5, 5.41) is 0. The standard InChI is InChI=1S/C16H11F3O4/c17-16(18,19)11-5-1-2-6-12(11)23-15(20)10-4-3-7-13-14(10)22-9-8-21-13/h1-7H,8-9H2. The van der Waals surface area contributed by atoms with Crippen LogP contribution in [0.1, 0.15) is 15.9 Å². The van der Waals surface area contributed by atoms with Crippen molar-refractivity contribution in [2.24, 2.45) is 0 Å². The maximum Gasteiger partial charge on any atom is 0.419 e.